The minimum atomic E-state index is -4.53. The van der Waals surface area contributed by atoms with E-state index >= 15 is 0 Å². The Bertz CT molecular complexity index is 1140. The van der Waals surface area contributed by atoms with Crippen LogP contribution in [-0.2, 0) is 31.8 Å². The molecule has 1 aromatic carbocycles. The number of carbonyl (C=O) groups is 4. The maximum Gasteiger partial charge on any atom is 0.416 e. The molecular weight excluding hydrogens is 567 g/mol. The van der Waals surface area contributed by atoms with E-state index in [2.05, 4.69) is 15.6 Å². The molecule has 1 fully saturated rings. The molecule has 1 aliphatic rings. The number of likely N-dealkylation sites (N-methyl/N-ethyl adjacent to an activating group) is 1. The zero-order valence-corrected chi connectivity index (χ0v) is 25.1. The van der Waals surface area contributed by atoms with Gasteiger partial charge in [0.25, 0.3) is 0 Å². The third-order valence-electron chi connectivity index (χ3n) is 7.23. The lowest BCUT2D eigenvalue weighted by Crippen LogP contribution is -2.55. The highest BCUT2D eigenvalue weighted by atomic mass is 19.4. The number of alkyl halides is 3. The Morgan fingerprint density at radius 3 is 2.49 bits per heavy atom. The van der Waals surface area contributed by atoms with Crippen molar-refractivity contribution in [3.63, 3.8) is 0 Å². The zero-order valence-electron chi connectivity index (χ0n) is 25.1. The lowest BCUT2D eigenvalue weighted by molar-refractivity contribution is -0.146. The van der Waals surface area contributed by atoms with Gasteiger partial charge in [0.2, 0.25) is 23.6 Å². The smallest absolute Gasteiger partial charge is 0.370 e. The third-order valence-corrected chi connectivity index (χ3v) is 7.23. The van der Waals surface area contributed by atoms with E-state index < -0.39 is 42.2 Å². The van der Waals surface area contributed by atoms with Crippen LogP contribution in [0.1, 0.15) is 63.5 Å². The van der Waals surface area contributed by atoms with Crippen molar-refractivity contribution in [2.24, 2.45) is 22.4 Å². The Labute approximate surface area is 250 Å². The quantitative estimate of drug-likeness (QED) is 0.189. The van der Waals surface area contributed by atoms with Gasteiger partial charge in [-0.05, 0) is 56.1 Å². The summed E-state index contributed by atoms with van der Waals surface area (Å²) < 4.78 is 39.9. The van der Waals surface area contributed by atoms with E-state index in [1.54, 1.807) is 13.8 Å². The van der Waals surface area contributed by atoms with Gasteiger partial charge in [-0.1, -0.05) is 32.0 Å². The van der Waals surface area contributed by atoms with E-state index in [1.807, 2.05) is 0 Å². The number of benzene rings is 1. The standard InChI is InChI=1S/C29H44F3N7O4/c1-19(2)25-26(42)35-14-7-5-12-23(40)37-22(11-4-6-15-36-28(33)34)27(43)39(18-24(41)38(25)3)16-13-20-9-8-10-21(17-20)29(30,31)32/h8-10,17,19,22,25H,4-7,11-16,18H2,1-3H3,(H,35,42)(H,37,40)(H4,33,34,36)/t22-,25-/m0/s1. The van der Waals surface area contributed by atoms with E-state index in [0.717, 1.165) is 12.1 Å². The van der Waals surface area contributed by atoms with Gasteiger partial charge >= 0.3 is 6.18 Å². The van der Waals surface area contributed by atoms with Crippen LogP contribution < -0.4 is 22.1 Å². The minimum Gasteiger partial charge on any atom is -0.370 e. The van der Waals surface area contributed by atoms with Crippen LogP contribution in [0.4, 0.5) is 13.2 Å². The second kappa shape index (κ2) is 16.7. The van der Waals surface area contributed by atoms with Crippen molar-refractivity contribution in [3.05, 3.63) is 35.4 Å². The molecule has 0 spiro atoms. The molecule has 0 bridgehead atoms. The Kier molecular flexibility index (Phi) is 13.7. The summed E-state index contributed by atoms with van der Waals surface area (Å²) in [5, 5.41) is 5.60. The second-order valence-electron chi connectivity index (χ2n) is 11.1. The fraction of sp³-hybridized carbons (Fsp3) is 0.621. The molecule has 1 heterocycles. The first-order chi connectivity index (χ1) is 20.2. The summed E-state index contributed by atoms with van der Waals surface area (Å²) in [6.07, 6.45) is -2.11. The van der Waals surface area contributed by atoms with Crippen LogP contribution in [0.2, 0.25) is 0 Å². The van der Waals surface area contributed by atoms with E-state index in [1.165, 1.54) is 29.0 Å². The molecule has 0 radical (unpaired) electrons. The summed E-state index contributed by atoms with van der Waals surface area (Å²) in [6, 6.07) is 3.00. The first kappa shape index (κ1) is 35.4. The Morgan fingerprint density at radius 2 is 1.84 bits per heavy atom. The van der Waals surface area contributed by atoms with Crippen molar-refractivity contribution in [1.29, 1.82) is 0 Å². The third kappa shape index (κ3) is 11.8. The number of rotatable bonds is 9. The number of guanidine groups is 1. The van der Waals surface area contributed by atoms with Crippen molar-refractivity contribution in [3.8, 4) is 0 Å². The Balaban J connectivity index is 2.39. The predicted octanol–water partition coefficient (Wildman–Crippen LogP) is 1.79. The van der Waals surface area contributed by atoms with Gasteiger partial charge < -0.3 is 31.9 Å². The highest BCUT2D eigenvalue weighted by Gasteiger charge is 2.34. The Morgan fingerprint density at radius 1 is 1.12 bits per heavy atom. The van der Waals surface area contributed by atoms with Gasteiger partial charge in [-0.3, -0.25) is 24.2 Å². The van der Waals surface area contributed by atoms with Crippen LogP contribution in [0, 0.1) is 5.92 Å². The fourth-order valence-electron chi connectivity index (χ4n) is 4.93. The number of nitrogens with zero attached hydrogens (tertiary/aromatic N) is 3. The van der Waals surface area contributed by atoms with Gasteiger partial charge in [-0.15, -0.1) is 0 Å². The van der Waals surface area contributed by atoms with Crippen molar-refractivity contribution in [2.45, 2.75) is 77.1 Å². The largest absolute Gasteiger partial charge is 0.416 e. The van der Waals surface area contributed by atoms with Crippen LogP contribution in [0.3, 0.4) is 0 Å². The van der Waals surface area contributed by atoms with E-state index in [9.17, 15) is 32.3 Å². The molecule has 0 aromatic heterocycles. The number of aliphatic imine (C=N–C) groups is 1. The van der Waals surface area contributed by atoms with Gasteiger partial charge in [0, 0.05) is 33.1 Å². The predicted molar refractivity (Wildman–Crippen MR) is 156 cm³/mol. The van der Waals surface area contributed by atoms with Crippen molar-refractivity contribution in [2.75, 3.05) is 33.2 Å². The van der Waals surface area contributed by atoms with Crippen LogP contribution >= 0.6 is 0 Å². The van der Waals surface area contributed by atoms with Gasteiger partial charge in [-0.25, -0.2) is 0 Å². The summed E-state index contributed by atoms with van der Waals surface area (Å²) in [5.41, 5.74) is 10.3. The molecule has 43 heavy (non-hydrogen) atoms. The molecular formula is C29H44F3N7O4. The molecule has 1 aromatic rings. The van der Waals surface area contributed by atoms with Crippen molar-refractivity contribution >= 4 is 29.6 Å². The summed E-state index contributed by atoms with van der Waals surface area (Å²) >= 11 is 0. The summed E-state index contributed by atoms with van der Waals surface area (Å²) in [7, 11) is 1.49. The monoisotopic (exact) mass is 611 g/mol. The topological polar surface area (TPSA) is 163 Å². The van der Waals surface area contributed by atoms with E-state index in [0.29, 0.717) is 44.3 Å². The molecule has 6 N–H and O–H groups in total. The average Bonchev–Trinajstić information content (AvgIpc) is 2.92. The first-order valence-electron chi connectivity index (χ1n) is 14.5. The molecule has 11 nitrogen and oxygen atoms in total. The first-order valence-corrected chi connectivity index (χ1v) is 14.5. The van der Waals surface area contributed by atoms with Gasteiger partial charge in [0.15, 0.2) is 5.96 Å². The number of amides is 4. The normalized spacial score (nSPS) is 19.9. The molecule has 14 heteroatoms. The van der Waals surface area contributed by atoms with Crippen molar-refractivity contribution < 1.29 is 32.3 Å². The average molecular weight is 612 g/mol. The second-order valence-corrected chi connectivity index (χ2v) is 11.1. The number of halogens is 3. The van der Waals surface area contributed by atoms with Crippen LogP contribution in [0.25, 0.3) is 0 Å². The van der Waals surface area contributed by atoms with Gasteiger partial charge in [-0.2, -0.15) is 13.2 Å². The number of carbonyl (C=O) groups excluding carboxylic acids is 4. The van der Waals surface area contributed by atoms with Crippen LogP contribution in [0.5, 0.6) is 0 Å². The number of hydrogen-bond donors (Lipinski definition) is 4. The summed E-state index contributed by atoms with van der Waals surface area (Å²) in [6.45, 7) is 3.76. The van der Waals surface area contributed by atoms with Crippen LogP contribution in [-0.4, -0.2) is 84.7 Å². The molecule has 2 rings (SSSR count). The minimum absolute atomic E-state index is 0.0336. The van der Waals surface area contributed by atoms with Crippen molar-refractivity contribution in [1.82, 2.24) is 20.4 Å². The molecule has 4 amide bonds. The lowest BCUT2D eigenvalue weighted by Gasteiger charge is -2.33. The summed E-state index contributed by atoms with van der Waals surface area (Å²) in [5.74, 6) is -2.05. The SMILES string of the molecule is CC(C)[C@H]1C(=O)NCCCCC(=O)N[C@@H](CCCCN=C(N)N)C(=O)N(CCc2cccc(C(F)(F)F)c2)CC(=O)N1C. The Hall–Kier alpha value is -3.84. The molecule has 0 unspecified atom stereocenters. The number of nitrogens with two attached hydrogens (primary N) is 2. The zero-order chi connectivity index (χ0) is 32.2. The molecule has 0 aliphatic carbocycles. The maximum atomic E-state index is 13.9. The number of unbranched alkanes of at least 4 members (excludes halogenated alkanes) is 1. The van der Waals surface area contributed by atoms with E-state index in [4.69, 9.17) is 11.5 Å². The molecule has 0 saturated carbocycles. The van der Waals surface area contributed by atoms with Gasteiger partial charge in [0.1, 0.15) is 12.1 Å². The number of nitrogens with one attached hydrogen (secondary N) is 2. The van der Waals surface area contributed by atoms with Gasteiger partial charge in [0.05, 0.1) is 12.1 Å². The molecule has 1 saturated heterocycles. The fourth-order valence-corrected chi connectivity index (χ4v) is 4.93. The maximum absolute atomic E-state index is 13.9. The molecule has 2 atom stereocenters. The highest BCUT2D eigenvalue weighted by Crippen LogP contribution is 2.29. The number of hydrogen-bond acceptors (Lipinski definition) is 5. The molecule has 1 aliphatic heterocycles. The molecule has 240 valence electrons. The highest BCUT2D eigenvalue weighted by molar-refractivity contribution is 5.92. The lowest BCUT2D eigenvalue weighted by atomic mass is 10.0. The summed E-state index contributed by atoms with van der Waals surface area (Å²) in [4.78, 5) is 59.6. The van der Waals surface area contributed by atoms with E-state index in [-0.39, 0.29) is 49.5 Å². The van der Waals surface area contributed by atoms with Crippen LogP contribution in [0.15, 0.2) is 29.3 Å².